The lowest BCUT2D eigenvalue weighted by atomic mass is 10.0. The van der Waals surface area contributed by atoms with Gasteiger partial charge in [0.25, 0.3) is 5.91 Å². The number of benzene rings is 1. The Morgan fingerprint density at radius 2 is 1.96 bits per heavy atom. The topological polar surface area (TPSA) is 93.6 Å². The zero-order valence-electron chi connectivity index (χ0n) is 16.1. The van der Waals surface area contributed by atoms with Gasteiger partial charge in [-0.2, -0.15) is 0 Å². The van der Waals surface area contributed by atoms with Crippen molar-refractivity contribution in [2.75, 3.05) is 24.3 Å². The van der Waals surface area contributed by atoms with Gasteiger partial charge < -0.3 is 9.64 Å². The van der Waals surface area contributed by atoms with Crippen LogP contribution in [0.2, 0.25) is 0 Å². The quantitative estimate of drug-likeness (QED) is 0.730. The smallest absolute Gasteiger partial charge is 0.339 e. The summed E-state index contributed by atoms with van der Waals surface area (Å²) >= 11 is 0. The second-order valence-electron chi connectivity index (χ2n) is 6.67. The molecule has 0 spiro atoms. The summed E-state index contributed by atoms with van der Waals surface area (Å²) in [5.41, 5.74) is 2.50. The van der Waals surface area contributed by atoms with Crippen LogP contribution in [-0.2, 0) is 21.0 Å². The molecular formula is C20H22N2O5S. The maximum absolute atomic E-state index is 13.0. The Hall–Kier alpha value is -2.74. The van der Waals surface area contributed by atoms with Crippen LogP contribution in [0.1, 0.15) is 45.4 Å². The molecule has 2 heterocycles. The number of hydrogen-bond acceptors (Lipinski definition) is 6. The molecule has 3 rings (SSSR count). The lowest BCUT2D eigenvalue weighted by Gasteiger charge is -2.29. The standard InChI is InChI=1S/C20H22N2O5S/c1-4-27-20(24)16-8-9-17(21-13(16)2)19(23)22-11-5-6-14-12-15(28(3,25)26)7-10-18(14)22/h7-10,12H,4-6,11H2,1-3H3. The number of fused-ring (bicyclic) bond motifs is 1. The Balaban J connectivity index is 1.92. The van der Waals surface area contributed by atoms with Crippen molar-refractivity contribution in [1.82, 2.24) is 4.98 Å². The molecule has 0 saturated carbocycles. The Labute approximate surface area is 164 Å². The third kappa shape index (κ3) is 3.91. The molecule has 8 heteroatoms. The van der Waals surface area contributed by atoms with Crippen molar-refractivity contribution in [3.05, 3.63) is 52.8 Å². The average molecular weight is 402 g/mol. The van der Waals surface area contributed by atoms with Crippen LogP contribution < -0.4 is 4.90 Å². The van der Waals surface area contributed by atoms with E-state index < -0.39 is 15.8 Å². The molecule has 1 aromatic heterocycles. The SMILES string of the molecule is CCOC(=O)c1ccc(C(=O)N2CCCc3cc(S(C)(=O)=O)ccc32)nc1C. The maximum Gasteiger partial charge on any atom is 0.339 e. The van der Waals surface area contributed by atoms with Crippen LogP contribution in [0.5, 0.6) is 0 Å². The van der Waals surface area contributed by atoms with Crippen molar-refractivity contribution in [2.45, 2.75) is 31.6 Å². The largest absolute Gasteiger partial charge is 0.462 e. The molecule has 148 valence electrons. The number of carbonyl (C=O) groups is 2. The zero-order chi connectivity index (χ0) is 20.5. The van der Waals surface area contributed by atoms with Crippen LogP contribution in [-0.4, -0.2) is 44.7 Å². The van der Waals surface area contributed by atoms with E-state index in [-0.39, 0.29) is 23.1 Å². The predicted molar refractivity (Wildman–Crippen MR) is 104 cm³/mol. The molecule has 1 aliphatic rings. The molecule has 0 N–H and O–H groups in total. The number of pyridine rings is 1. The highest BCUT2D eigenvalue weighted by atomic mass is 32.2. The third-order valence-electron chi connectivity index (χ3n) is 4.64. The lowest BCUT2D eigenvalue weighted by Crippen LogP contribution is -2.36. The minimum atomic E-state index is -3.31. The highest BCUT2D eigenvalue weighted by Gasteiger charge is 2.26. The van der Waals surface area contributed by atoms with Crippen molar-refractivity contribution >= 4 is 27.4 Å². The average Bonchev–Trinajstić information content (AvgIpc) is 2.65. The van der Waals surface area contributed by atoms with Gasteiger partial charge in [-0.25, -0.2) is 18.2 Å². The summed E-state index contributed by atoms with van der Waals surface area (Å²) in [4.78, 5) is 31.1. The van der Waals surface area contributed by atoms with E-state index in [1.807, 2.05) is 0 Å². The molecule has 1 amide bonds. The molecular weight excluding hydrogens is 380 g/mol. The molecule has 0 saturated heterocycles. The summed E-state index contributed by atoms with van der Waals surface area (Å²) in [6.07, 6.45) is 2.60. The number of hydrogen-bond donors (Lipinski definition) is 0. The van der Waals surface area contributed by atoms with Crippen molar-refractivity contribution in [2.24, 2.45) is 0 Å². The van der Waals surface area contributed by atoms with Crippen molar-refractivity contribution in [3.63, 3.8) is 0 Å². The van der Waals surface area contributed by atoms with Gasteiger partial charge in [-0.15, -0.1) is 0 Å². The zero-order valence-corrected chi connectivity index (χ0v) is 16.9. The van der Waals surface area contributed by atoms with Crippen LogP contribution >= 0.6 is 0 Å². The van der Waals surface area contributed by atoms with Crippen LogP contribution in [0.15, 0.2) is 35.2 Å². The van der Waals surface area contributed by atoms with Gasteiger partial charge in [0.1, 0.15) is 5.69 Å². The molecule has 0 unspecified atom stereocenters. The second-order valence-corrected chi connectivity index (χ2v) is 8.69. The van der Waals surface area contributed by atoms with E-state index in [2.05, 4.69) is 4.98 Å². The summed E-state index contributed by atoms with van der Waals surface area (Å²) in [5.74, 6) is -0.755. The van der Waals surface area contributed by atoms with E-state index in [9.17, 15) is 18.0 Å². The number of esters is 1. The van der Waals surface area contributed by atoms with Gasteiger partial charge in [0, 0.05) is 18.5 Å². The number of amides is 1. The molecule has 1 aliphatic heterocycles. The lowest BCUT2D eigenvalue weighted by molar-refractivity contribution is 0.0524. The monoisotopic (exact) mass is 402 g/mol. The normalized spacial score (nSPS) is 13.8. The number of sulfone groups is 1. The number of aryl methyl sites for hydroxylation is 2. The third-order valence-corrected chi connectivity index (χ3v) is 5.75. The van der Waals surface area contributed by atoms with Crippen molar-refractivity contribution in [3.8, 4) is 0 Å². The van der Waals surface area contributed by atoms with Gasteiger partial charge in [-0.05, 0) is 62.6 Å². The van der Waals surface area contributed by atoms with Gasteiger partial charge in [0.05, 0.1) is 22.8 Å². The van der Waals surface area contributed by atoms with Crippen LogP contribution in [0.3, 0.4) is 0 Å². The number of anilines is 1. The maximum atomic E-state index is 13.0. The molecule has 0 fully saturated rings. The molecule has 0 bridgehead atoms. The van der Waals surface area contributed by atoms with Gasteiger partial charge in [0.15, 0.2) is 9.84 Å². The van der Waals surface area contributed by atoms with Gasteiger partial charge in [-0.3, -0.25) is 4.79 Å². The van der Waals surface area contributed by atoms with E-state index in [4.69, 9.17) is 4.74 Å². The highest BCUT2D eigenvalue weighted by molar-refractivity contribution is 7.90. The first-order chi connectivity index (χ1) is 13.2. The summed E-state index contributed by atoms with van der Waals surface area (Å²) in [6, 6.07) is 7.88. The fourth-order valence-electron chi connectivity index (χ4n) is 3.26. The fraction of sp³-hybridized carbons (Fsp3) is 0.350. The predicted octanol–water partition coefficient (Wildman–Crippen LogP) is 2.56. The van der Waals surface area contributed by atoms with Crippen molar-refractivity contribution < 1.29 is 22.7 Å². The summed E-state index contributed by atoms with van der Waals surface area (Å²) in [6.45, 7) is 4.16. The van der Waals surface area contributed by atoms with E-state index in [0.717, 1.165) is 18.2 Å². The van der Waals surface area contributed by atoms with Crippen LogP contribution in [0, 0.1) is 6.92 Å². The summed E-state index contributed by atoms with van der Waals surface area (Å²) in [7, 11) is -3.31. The number of ether oxygens (including phenoxy) is 1. The number of aromatic nitrogens is 1. The van der Waals surface area contributed by atoms with E-state index in [0.29, 0.717) is 29.9 Å². The molecule has 1 aromatic carbocycles. The first kappa shape index (κ1) is 20.0. The Kier molecular flexibility index (Phi) is 5.51. The molecule has 7 nitrogen and oxygen atoms in total. The van der Waals surface area contributed by atoms with Gasteiger partial charge in [-0.1, -0.05) is 0 Å². The molecule has 2 aromatic rings. The number of carbonyl (C=O) groups excluding carboxylic acids is 2. The number of rotatable bonds is 4. The minimum absolute atomic E-state index is 0.227. The summed E-state index contributed by atoms with van der Waals surface area (Å²) in [5, 5.41) is 0. The minimum Gasteiger partial charge on any atom is -0.462 e. The van der Waals surface area contributed by atoms with Crippen LogP contribution in [0.4, 0.5) is 5.69 Å². The molecule has 0 radical (unpaired) electrons. The van der Waals surface area contributed by atoms with Gasteiger partial charge in [0.2, 0.25) is 0 Å². The van der Waals surface area contributed by atoms with E-state index in [1.54, 1.807) is 36.9 Å². The highest BCUT2D eigenvalue weighted by Crippen LogP contribution is 2.30. The Bertz CT molecular complexity index is 1050. The Morgan fingerprint density at radius 1 is 1.21 bits per heavy atom. The van der Waals surface area contributed by atoms with Crippen molar-refractivity contribution in [1.29, 1.82) is 0 Å². The first-order valence-corrected chi connectivity index (χ1v) is 10.9. The summed E-state index contributed by atoms with van der Waals surface area (Å²) < 4.78 is 28.6. The molecule has 28 heavy (non-hydrogen) atoms. The molecule has 0 atom stereocenters. The van der Waals surface area contributed by atoms with E-state index >= 15 is 0 Å². The first-order valence-electron chi connectivity index (χ1n) is 9.02. The number of nitrogens with zero attached hydrogens (tertiary/aromatic N) is 2. The van der Waals surface area contributed by atoms with Crippen LogP contribution in [0.25, 0.3) is 0 Å². The van der Waals surface area contributed by atoms with Gasteiger partial charge >= 0.3 is 5.97 Å². The van der Waals surface area contributed by atoms with E-state index in [1.165, 1.54) is 12.1 Å². The Morgan fingerprint density at radius 3 is 2.61 bits per heavy atom. The fourth-order valence-corrected chi connectivity index (χ4v) is 3.93. The molecule has 0 aliphatic carbocycles. The second kappa shape index (κ2) is 7.71.